The van der Waals surface area contributed by atoms with Crippen molar-refractivity contribution >= 4 is 23.4 Å². The largest absolute Gasteiger partial charge is 0.396 e. The zero-order valence-electron chi connectivity index (χ0n) is 27.0. The zero-order chi connectivity index (χ0) is 33.3. The van der Waals surface area contributed by atoms with Crippen molar-refractivity contribution in [2.75, 3.05) is 11.5 Å². The van der Waals surface area contributed by atoms with E-state index in [2.05, 4.69) is 24.6 Å². The number of hydrogen-bond acceptors (Lipinski definition) is 4. The molecule has 0 saturated heterocycles. The van der Waals surface area contributed by atoms with Crippen molar-refractivity contribution < 1.29 is 18.7 Å². The fourth-order valence-electron chi connectivity index (χ4n) is 5.29. The molecule has 3 aromatic rings. The van der Waals surface area contributed by atoms with Crippen molar-refractivity contribution in [2.24, 2.45) is 0 Å². The maximum atomic E-state index is 14.1. The molecule has 2 aromatic heterocycles. The third kappa shape index (κ3) is 10.9. The molecule has 1 unspecified atom stereocenters. The number of rotatable bonds is 18. The quantitative estimate of drug-likeness (QED) is 0.109. The van der Waals surface area contributed by atoms with Crippen LogP contribution in [0.25, 0.3) is 11.8 Å². The summed E-state index contributed by atoms with van der Waals surface area (Å²) in [5, 5.41) is 17.0. The molecule has 0 aliphatic carbocycles. The van der Waals surface area contributed by atoms with E-state index in [4.69, 9.17) is 10.5 Å². The van der Waals surface area contributed by atoms with Gasteiger partial charge in [0.25, 0.3) is 5.91 Å². The van der Waals surface area contributed by atoms with Crippen LogP contribution in [0.5, 0.6) is 0 Å². The van der Waals surface area contributed by atoms with Crippen LogP contribution in [0.1, 0.15) is 87.6 Å². The highest BCUT2D eigenvalue weighted by Crippen LogP contribution is 2.29. The number of allylic oxidation sites excluding steroid dienone is 6. The minimum absolute atomic E-state index is 0.151. The molecule has 3 rings (SSSR count). The molecule has 2 heterocycles. The number of carbonyl (C=O) groups excluding carboxylic acids is 1. The number of nitrogens with one attached hydrogen (secondary N) is 1. The van der Waals surface area contributed by atoms with Gasteiger partial charge in [0, 0.05) is 36.9 Å². The lowest BCUT2D eigenvalue weighted by atomic mass is 9.99. The number of halogens is 2. The van der Waals surface area contributed by atoms with Crippen LogP contribution in [-0.4, -0.2) is 33.2 Å². The van der Waals surface area contributed by atoms with Gasteiger partial charge in [0.2, 0.25) is 0 Å². The second-order valence-corrected chi connectivity index (χ2v) is 11.2. The Kier molecular flexibility index (Phi) is 15.0. The summed E-state index contributed by atoms with van der Waals surface area (Å²) in [5.74, 6) is -1.29. The molecule has 46 heavy (non-hydrogen) atoms. The molecular formula is C38H46F2N4O2. The van der Waals surface area contributed by atoms with Crippen LogP contribution in [0, 0.1) is 17.0 Å². The van der Waals surface area contributed by atoms with Crippen molar-refractivity contribution in [3.63, 3.8) is 0 Å². The molecular weight excluding hydrogens is 582 g/mol. The number of aliphatic hydroxyl groups is 1. The summed E-state index contributed by atoms with van der Waals surface area (Å²) in [6.45, 7) is 8.38. The number of benzene rings is 1. The normalized spacial score (nSPS) is 12.8. The van der Waals surface area contributed by atoms with Crippen LogP contribution in [0.2, 0.25) is 0 Å². The van der Waals surface area contributed by atoms with Crippen molar-refractivity contribution in [1.29, 1.82) is 5.41 Å². The number of pyridine rings is 2. The van der Waals surface area contributed by atoms with Crippen molar-refractivity contribution in [1.82, 2.24) is 9.55 Å². The van der Waals surface area contributed by atoms with Crippen LogP contribution in [0.3, 0.4) is 0 Å². The molecule has 0 aliphatic heterocycles. The van der Waals surface area contributed by atoms with Crippen molar-refractivity contribution in [3.8, 4) is 0 Å². The van der Waals surface area contributed by atoms with E-state index in [9.17, 15) is 13.6 Å². The lowest BCUT2D eigenvalue weighted by molar-refractivity contribution is 0.0973. The number of anilines is 1. The minimum atomic E-state index is -0.569. The number of aliphatic hydroxyl groups excluding tert-OH is 1. The summed E-state index contributed by atoms with van der Waals surface area (Å²) in [6, 6.07) is 11.5. The topological polar surface area (TPSA) is 82.2 Å². The Hall–Kier alpha value is -4.43. The zero-order valence-corrected chi connectivity index (χ0v) is 27.0. The van der Waals surface area contributed by atoms with Gasteiger partial charge < -0.3 is 14.6 Å². The summed E-state index contributed by atoms with van der Waals surface area (Å²) in [4.78, 5) is 19.7. The summed E-state index contributed by atoms with van der Waals surface area (Å²) in [7, 11) is 0. The predicted molar refractivity (Wildman–Crippen MR) is 183 cm³/mol. The molecule has 1 aromatic carbocycles. The summed E-state index contributed by atoms with van der Waals surface area (Å²) in [5.41, 5.74) is 4.20. The minimum Gasteiger partial charge on any atom is -0.396 e. The van der Waals surface area contributed by atoms with Gasteiger partial charge in [-0.3, -0.25) is 15.2 Å². The highest BCUT2D eigenvalue weighted by Gasteiger charge is 2.26. The third-order valence-electron chi connectivity index (χ3n) is 7.91. The molecule has 0 aliphatic rings. The molecule has 0 fully saturated rings. The van der Waals surface area contributed by atoms with E-state index in [1.54, 1.807) is 17.2 Å². The van der Waals surface area contributed by atoms with Gasteiger partial charge in [0.15, 0.2) is 0 Å². The molecule has 1 amide bonds. The van der Waals surface area contributed by atoms with Crippen LogP contribution in [0.15, 0.2) is 97.5 Å². The van der Waals surface area contributed by atoms with Gasteiger partial charge in [0.1, 0.15) is 17.1 Å². The molecule has 0 bridgehead atoms. The van der Waals surface area contributed by atoms with Gasteiger partial charge in [-0.05, 0) is 92.8 Å². The van der Waals surface area contributed by atoms with Crippen molar-refractivity contribution in [2.45, 2.75) is 77.7 Å². The fraction of sp³-hybridized carbons (Fsp3) is 0.342. The first-order valence-corrected chi connectivity index (χ1v) is 16.1. The molecule has 0 radical (unpaired) electrons. The first-order valence-electron chi connectivity index (χ1n) is 16.1. The standard InChI is InChI=1S/C38H46F2N4O2/c1-4-29(14-10-12-23-45)18-19-30(5-2)31-15-13-17-36(25-31)44(38(46)32-24-34(40)27-42-26-32)35(6-3)16-9-7-8-11-22-43-28-33(39)20-21-37(43)41/h5,11,13,15,17-22,24-28,35,41,45H,2,4,6-10,12,14,16,23H2,1,3H3/b22-11+,29-18+,30-19+,41-37?. The monoisotopic (exact) mass is 628 g/mol. The highest BCUT2D eigenvalue weighted by molar-refractivity contribution is 6.06. The Balaban J connectivity index is 1.85. The Morgan fingerprint density at radius 3 is 2.59 bits per heavy atom. The number of amides is 1. The van der Waals surface area contributed by atoms with Gasteiger partial charge in [-0.2, -0.15) is 0 Å². The highest BCUT2D eigenvalue weighted by atomic mass is 19.1. The van der Waals surface area contributed by atoms with Gasteiger partial charge in [0.05, 0.1) is 11.8 Å². The van der Waals surface area contributed by atoms with Gasteiger partial charge in [-0.15, -0.1) is 0 Å². The number of aromatic nitrogens is 2. The number of carbonyl (C=O) groups is 1. The van der Waals surface area contributed by atoms with Crippen molar-refractivity contribution in [3.05, 3.63) is 126 Å². The summed E-state index contributed by atoms with van der Waals surface area (Å²) >= 11 is 0. The summed E-state index contributed by atoms with van der Waals surface area (Å²) < 4.78 is 29.1. The first-order chi connectivity index (χ1) is 22.3. The van der Waals surface area contributed by atoms with E-state index in [1.807, 2.05) is 43.3 Å². The van der Waals surface area contributed by atoms with E-state index >= 15 is 0 Å². The van der Waals surface area contributed by atoms with Gasteiger partial charge in [-0.1, -0.05) is 68.9 Å². The van der Waals surface area contributed by atoms with E-state index in [1.165, 1.54) is 40.7 Å². The molecule has 0 saturated carbocycles. The Morgan fingerprint density at radius 2 is 1.87 bits per heavy atom. The van der Waals surface area contributed by atoms with E-state index < -0.39 is 11.6 Å². The Bertz CT molecular complexity index is 1590. The molecule has 8 heteroatoms. The van der Waals surface area contributed by atoms with E-state index in [0.717, 1.165) is 68.7 Å². The molecule has 1 atom stereocenters. The molecule has 6 nitrogen and oxygen atoms in total. The lowest BCUT2D eigenvalue weighted by Gasteiger charge is -2.32. The number of hydrogen-bond donors (Lipinski definition) is 2. The predicted octanol–water partition coefficient (Wildman–Crippen LogP) is 8.87. The smallest absolute Gasteiger partial charge is 0.260 e. The maximum absolute atomic E-state index is 14.1. The van der Waals surface area contributed by atoms with Crippen LogP contribution in [0.4, 0.5) is 14.5 Å². The van der Waals surface area contributed by atoms with Gasteiger partial charge >= 0.3 is 0 Å². The second-order valence-electron chi connectivity index (χ2n) is 11.2. The van der Waals surface area contributed by atoms with Crippen LogP contribution in [-0.2, 0) is 0 Å². The average molecular weight is 629 g/mol. The Morgan fingerprint density at radius 1 is 1.04 bits per heavy atom. The van der Waals surface area contributed by atoms with E-state index in [0.29, 0.717) is 12.1 Å². The molecule has 2 N–H and O–H groups in total. The number of nitrogens with zero attached hydrogens (tertiary/aromatic N) is 3. The SMILES string of the molecule is C=C/C(=C\C=C(/CC)CCCCO)c1cccc(N(C(=O)c2cncc(F)c2)C(CC)CCCC/C=C/n2cc(F)ccc2=N)c1. The first kappa shape index (κ1) is 36.0. The van der Waals surface area contributed by atoms with Gasteiger partial charge in [-0.25, -0.2) is 8.78 Å². The summed E-state index contributed by atoms with van der Waals surface area (Å²) in [6.07, 6.45) is 20.7. The Labute approximate surface area is 271 Å². The molecule has 244 valence electrons. The molecule has 0 spiro atoms. The lowest BCUT2D eigenvalue weighted by Crippen LogP contribution is -2.40. The van der Waals surface area contributed by atoms with E-state index in [-0.39, 0.29) is 29.6 Å². The number of unbranched alkanes of at least 4 members (excludes halogenated alkanes) is 3. The maximum Gasteiger partial charge on any atom is 0.260 e. The fourth-order valence-corrected chi connectivity index (χ4v) is 5.29. The second kappa shape index (κ2) is 19.2. The van der Waals surface area contributed by atoms with Crippen LogP contribution >= 0.6 is 0 Å². The van der Waals surface area contributed by atoms with Crippen LogP contribution < -0.4 is 10.4 Å². The third-order valence-corrected chi connectivity index (χ3v) is 7.91. The average Bonchev–Trinajstić information content (AvgIpc) is 3.06.